The van der Waals surface area contributed by atoms with E-state index in [-0.39, 0.29) is 18.4 Å². The molecule has 0 aliphatic carbocycles. The van der Waals surface area contributed by atoms with Gasteiger partial charge in [0.1, 0.15) is 0 Å². The normalized spacial score (nSPS) is 9.86. The molecule has 0 spiro atoms. The van der Waals surface area contributed by atoms with Gasteiger partial charge >= 0.3 is 5.97 Å². The molecule has 0 aliphatic rings. The first-order chi connectivity index (χ1) is 6.02. The summed E-state index contributed by atoms with van der Waals surface area (Å²) in [5.41, 5.74) is 0. The predicted octanol–water partition coefficient (Wildman–Crippen LogP) is -1.67. The van der Waals surface area contributed by atoms with Crippen LogP contribution < -0.4 is 12.4 Å². The van der Waals surface area contributed by atoms with Crippen LogP contribution >= 0.6 is 0 Å². The number of hydrogen-bond donors (Lipinski definition) is 0. The second kappa shape index (κ2) is 7.59. The largest absolute Gasteiger partial charge is 1.00 e. The molecule has 0 heterocycles. The van der Waals surface area contributed by atoms with Gasteiger partial charge in [-0.05, 0) is 6.58 Å². The van der Waals surface area contributed by atoms with Crippen LogP contribution in [-0.2, 0) is 9.53 Å². The number of halogens is 1. The van der Waals surface area contributed by atoms with Crippen molar-refractivity contribution in [3.8, 4) is 0 Å². The van der Waals surface area contributed by atoms with E-state index >= 15 is 0 Å². The zero-order chi connectivity index (χ0) is 10.3. The Hall–Kier alpha value is -0.800. The van der Waals surface area contributed by atoms with E-state index in [0.29, 0.717) is 6.61 Å². The van der Waals surface area contributed by atoms with Gasteiger partial charge in [0.2, 0.25) is 0 Å². The zero-order valence-electron chi connectivity index (χ0n) is 8.83. The van der Waals surface area contributed by atoms with Crippen molar-refractivity contribution in [3.05, 3.63) is 25.4 Å². The summed E-state index contributed by atoms with van der Waals surface area (Å²) < 4.78 is 5.56. The Morgan fingerprint density at radius 1 is 1.43 bits per heavy atom. The smallest absolute Gasteiger partial charge is 0.330 e. The van der Waals surface area contributed by atoms with E-state index in [2.05, 4.69) is 13.2 Å². The lowest BCUT2D eigenvalue weighted by Gasteiger charge is -2.23. The molecule has 0 radical (unpaired) electrons. The van der Waals surface area contributed by atoms with Crippen molar-refractivity contribution in [1.82, 2.24) is 0 Å². The van der Waals surface area contributed by atoms with Crippen LogP contribution in [-0.4, -0.2) is 37.7 Å². The van der Waals surface area contributed by atoms with Crippen LogP contribution in [0.5, 0.6) is 0 Å². The Morgan fingerprint density at radius 2 is 2.00 bits per heavy atom. The summed E-state index contributed by atoms with van der Waals surface area (Å²) >= 11 is 0. The van der Waals surface area contributed by atoms with Gasteiger partial charge in [-0.3, -0.25) is 0 Å². The van der Waals surface area contributed by atoms with Crippen LogP contribution in [0.25, 0.3) is 0 Å². The van der Waals surface area contributed by atoms with Gasteiger partial charge in [-0.2, -0.15) is 0 Å². The van der Waals surface area contributed by atoms with Crippen molar-refractivity contribution in [1.29, 1.82) is 0 Å². The number of ether oxygens (including phenoxy) is 1. The highest BCUT2D eigenvalue weighted by Crippen LogP contribution is 1.99. The molecule has 0 saturated heterocycles. The lowest BCUT2D eigenvalue weighted by atomic mass is 10.4. The monoisotopic (exact) mass is 219 g/mol. The third kappa shape index (κ3) is 7.83. The Kier molecular flexibility index (Phi) is 8.49. The van der Waals surface area contributed by atoms with E-state index in [4.69, 9.17) is 4.74 Å². The van der Waals surface area contributed by atoms with Gasteiger partial charge in [0, 0.05) is 12.5 Å². The molecule has 0 aromatic rings. The predicted molar refractivity (Wildman–Crippen MR) is 52.9 cm³/mol. The molecule has 0 aromatic carbocycles. The average molecular weight is 220 g/mol. The second-order valence-corrected chi connectivity index (χ2v) is 3.41. The molecule has 0 rings (SSSR count). The third-order valence-corrected chi connectivity index (χ3v) is 1.78. The molecule has 0 amide bonds. The van der Waals surface area contributed by atoms with Crippen LogP contribution in [0.3, 0.4) is 0 Å². The molecular weight excluding hydrogens is 202 g/mol. The highest BCUT2D eigenvalue weighted by Gasteiger charge is 2.09. The maximum absolute atomic E-state index is 10.6. The Balaban J connectivity index is 0. The number of quaternary nitrogens is 1. The Morgan fingerprint density at radius 3 is 2.43 bits per heavy atom. The number of carbonyl (C=O) groups excluding carboxylic acids is 1. The summed E-state index contributed by atoms with van der Waals surface area (Å²) in [7, 11) is 4.09. The first kappa shape index (κ1) is 15.7. The second-order valence-electron chi connectivity index (χ2n) is 3.41. The van der Waals surface area contributed by atoms with Crippen LogP contribution in [0, 0.1) is 0 Å². The molecule has 82 valence electrons. The Labute approximate surface area is 92.0 Å². The van der Waals surface area contributed by atoms with E-state index < -0.39 is 0 Å². The van der Waals surface area contributed by atoms with Crippen molar-refractivity contribution in [2.24, 2.45) is 0 Å². The molecule has 0 fully saturated rings. The summed E-state index contributed by atoms with van der Waals surface area (Å²) in [5.74, 6) is -0.357. The molecule has 0 atom stereocenters. The zero-order valence-corrected chi connectivity index (χ0v) is 9.59. The van der Waals surface area contributed by atoms with E-state index in [9.17, 15) is 4.79 Å². The molecule has 0 aromatic heterocycles. The van der Waals surface area contributed by atoms with Crippen molar-refractivity contribution >= 4 is 5.97 Å². The Bertz CT molecular complexity index is 202. The minimum Gasteiger partial charge on any atom is -1.00 e. The van der Waals surface area contributed by atoms with Crippen LogP contribution in [0.2, 0.25) is 0 Å². The van der Waals surface area contributed by atoms with Crippen molar-refractivity contribution in [3.63, 3.8) is 0 Å². The van der Waals surface area contributed by atoms with Gasteiger partial charge in [-0.25, -0.2) is 4.79 Å². The van der Waals surface area contributed by atoms with Gasteiger partial charge in [-0.15, -0.1) is 0 Å². The third-order valence-electron chi connectivity index (χ3n) is 1.78. The molecular formula is C10H18ClNO2. The number of rotatable bonds is 6. The summed E-state index contributed by atoms with van der Waals surface area (Å²) in [5, 5.41) is 0. The van der Waals surface area contributed by atoms with Gasteiger partial charge in [0.25, 0.3) is 0 Å². The van der Waals surface area contributed by atoms with Crippen LogP contribution in [0.15, 0.2) is 25.4 Å². The average Bonchev–Trinajstić information content (AvgIpc) is 2.12. The molecule has 0 aliphatic heterocycles. The summed E-state index contributed by atoms with van der Waals surface area (Å²) in [6.07, 6.45) is 3.86. The minimum atomic E-state index is -0.357. The van der Waals surface area contributed by atoms with Crippen molar-refractivity contribution in [2.45, 2.75) is 6.42 Å². The number of esters is 1. The molecule has 3 nitrogen and oxygen atoms in total. The molecule has 0 unspecified atom stereocenters. The van der Waals surface area contributed by atoms with E-state index in [0.717, 1.165) is 17.4 Å². The maximum atomic E-state index is 10.6. The van der Waals surface area contributed by atoms with Crippen molar-refractivity contribution in [2.75, 3.05) is 27.2 Å². The summed E-state index contributed by atoms with van der Waals surface area (Å²) in [6.45, 7) is 8.38. The van der Waals surface area contributed by atoms with Gasteiger partial charge in [0.15, 0.2) is 0 Å². The van der Waals surface area contributed by atoms with Gasteiger partial charge in [-0.1, -0.05) is 6.58 Å². The molecule has 4 heteroatoms. The van der Waals surface area contributed by atoms with Crippen LogP contribution in [0.4, 0.5) is 0 Å². The fourth-order valence-corrected chi connectivity index (χ4v) is 0.795. The van der Waals surface area contributed by atoms with E-state index in [1.165, 1.54) is 6.08 Å². The topological polar surface area (TPSA) is 26.3 Å². The fraction of sp³-hybridized carbons (Fsp3) is 0.500. The number of carbonyl (C=O) groups is 1. The number of nitrogens with zero attached hydrogens (tertiary/aromatic N) is 1. The molecule has 14 heavy (non-hydrogen) atoms. The van der Waals surface area contributed by atoms with E-state index in [1.54, 1.807) is 0 Å². The molecule has 0 N–H and O–H groups in total. The first-order valence-electron chi connectivity index (χ1n) is 4.27. The highest BCUT2D eigenvalue weighted by atomic mass is 35.5. The van der Waals surface area contributed by atoms with Crippen LogP contribution in [0.1, 0.15) is 6.42 Å². The summed E-state index contributed by atoms with van der Waals surface area (Å²) in [6, 6.07) is 0. The minimum absolute atomic E-state index is 0. The lowest BCUT2D eigenvalue weighted by Crippen LogP contribution is -3.00. The lowest BCUT2D eigenvalue weighted by molar-refractivity contribution is -0.838. The van der Waals surface area contributed by atoms with Gasteiger partial charge in [0.05, 0.1) is 33.4 Å². The van der Waals surface area contributed by atoms with E-state index in [1.807, 2.05) is 20.3 Å². The van der Waals surface area contributed by atoms with Gasteiger partial charge < -0.3 is 21.6 Å². The SMILES string of the molecule is C=CC(=O)OCCC[N+](C)(C)C=C.[Cl-]. The molecule has 0 saturated carbocycles. The maximum Gasteiger partial charge on any atom is 0.330 e. The van der Waals surface area contributed by atoms with Crippen molar-refractivity contribution < 1.29 is 26.4 Å². The fourth-order valence-electron chi connectivity index (χ4n) is 0.795. The highest BCUT2D eigenvalue weighted by molar-refractivity contribution is 5.81. The quantitative estimate of drug-likeness (QED) is 0.231. The standard InChI is InChI=1S/C10H18NO2.ClH/c1-5-10(12)13-9-7-8-11(3,4)6-2;/h5-6H,1-2,7-9H2,3-4H3;1H/q+1;/p-1. The molecule has 0 bridgehead atoms. The number of hydrogen-bond acceptors (Lipinski definition) is 2. The first-order valence-corrected chi connectivity index (χ1v) is 4.27. The summed E-state index contributed by atoms with van der Waals surface area (Å²) in [4.78, 5) is 10.6.